The highest BCUT2D eigenvalue weighted by Gasteiger charge is 2.27. The zero-order valence-electron chi connectivity index (χ0n) is 18.6. The smallest absolute Gasteiger partial charge is 0.220 e. The number of hydrogen-bond acceptors (Lipinski definition) is 6. The summed E-state index contributed by atoms with van der Waals surface area (Å²) in [6.45, 7) is 7.74. The van der Waals surface area contributed by atoms with Crippen molar-refractivity contribution in [3.8, 4) is 5.75 Å². The summed E-state index contributed by atoms with van der Waals surface area (Å²) in [5.41, 5.74) is 1.30. The third kappa shape index (κ3) is 5.14. The van der Waals surface area contributed by atoms with E-state index in [4.69, 9.17) is 9.47 Å². The third-order valence-corrected chi connectivity index (χ3v) is 7.50. The lowest BCUT2D eigenvalue weighted by molar-refractivity contribution is -0.127. The number of amides is 1. The number of nitrogens with zero attached hydrogens (tertiary/aromatic N) is 3. The van der Waals surface area contributed by atoms with Crippen molar-refractivity contribution in [3.63, 3.8) is 0 Å². The van der Waals surface area contributed by atoms with Crippen molar-refractivity contribution in [1.82, 2.24) is 15.2 Å². The number of carbonyl (C=O) groups excluding carboxylic acids is 1. The number of rotatable bonds is 7. The van der Waals surface area contributed by atoms with E-state index < -0.39 is 0 Å². The highest BCUT2D eigenvalue weighted by atomic mass is 16.5. The molecule has 4 aliphatic rings. The van der Waals surface area contributed by atoms with Gasteiger partial charge in [0, 0.05) is 62.7 Å². The van der Waals surface area contributed by atoms with Gasteiger partial charge in [-0.2, -0.15) is 0 Å². The molecule has 4 heterocycles. The Labute approximate surface area is 185 Å². The van der Waals surface area contributed by atoms with Crippen molar-refractivity contribution in [1.29, 1.82) is 0 Å². The van der Waals surface area contributed by atoms with E-state index in [-0.39, 0.29) is 5.91 Å². The summed E-state index contributed by atoms with van der Waals surface area (Å²) < 4.78 is 11.0. The fraction of sp³-hybridized carbons (Fsp3) is 0.750. The van der Waals surface area contributed by atoms with Crippen molar-refractivity contribution in [3.05, 3.63) is 17.8 Å². The summed E-state index contributed by atoms with van der Waals surface area (Å²) in [6.07, 6.45) is 9.61. The van der Waals surface area contributed by atoms with Crippen molar-refractivity contribution in [2.75, 3.05) is 57.4 Å². The molecule has 1 saturated carbocycles. The van der Waals surface area contributed by atoms with Gasteiger partial charge in [0.2, 0.25) is 5.91 Å². The summed E-state index contributed by atoms with van der Waals surface area (Å²) in [7, 11) is 0. The summed E-state index contributed by atoms with van der Waals surface area (Å²) in [5.74, 6) is 3.53. The highest BCUT2D eigenvalue weighted by Crippen LogP contribution is 2.34. The van der Waals surface area contributed by atoms with Crippen molar-refractivity contribution in [2.24, 2.45) is 11.8 Å². The molecule has 1 N–H and O–H groups in total. The van der Waals surface area contributed by atoms with Gasteiger partial charge < -0.3 is 19.7 Å². The van der Waals surface area contributed by atoms with Crippen LogP contribution in [-0.4, -0.2) is 74.4 Å². The average Bonchev–Trinajstić information content (AvgIpc) is 3.25. The van der Waals surface area contributed by atoms with E-state index in [1.165, 1.54) is 31.4 Å². The Kier molecular flexibility index (Phi) is 6.60. The Morgan fingerprint density at radius 3 is 2.65 bits per heavy atom. The first kappa shape index (κ1) is 21.0. The van der Waals surface area contributed by atoms with E-state index >= 15 is 0 Å². The first-order valence-corrected chi connectivity index (χ1v) is 12.2. The minimum absolute atomic E-state index is 0.221. The van der Waals surface area contributed by atoms with Crippen LogP contribution in [0.5, 0.6) is 5.75 Å². The number of piperazine rings is 1. The molecule has 0 unspecified atom stereocenters. The molecule has 3 aliphatic heterocycles. The number of fused-ring (bicyclic) bond motifs is 1. The maximum atomic E-state index is 12.1. The topological polar surface area (TPSA) is 66.9 Å². The molecule has 3 fully saturated rings. The second kappa shape index (κ2) is 9.74. The standard InChI is InChI=1S/C24H36N4O3/c29-22(15-19-16-30-17-19)26-21-3-1-18(2-4-21)6-9-27-10-12-28(13-11-27)24-23-20(5-8-25-24)7-14-31-23/h5,8,18-19,21H,1-4,6-7,9-17H2,(H,26,29)/t18-,21-. The van der Waals surface area contributed by atoms with Crippen LogP contribution in [-0.2, 0) is 16.0 Å². The molecule has 0 radical (unpaired) electrons. The van der Waals surface area contributed by atoms with Crippen LogP contribution >= 0.6 is 0 Å². The van der Waals surface area contributed by atoms with E-state index in [0.717, 1.165) is 82.7 Å². The molecule has 7 nitrogen and oxygen atoms in total. The molecule has 170 valence electrons. The largest absolute Gasteiger partial charge is 0.489 e. The van der Waals surface area contributed by atoms with Crippen LogP contribution in [0.2, 0.25) is 0 Å². The van der Waals surface area contributed by atoms with Crippen LogP contribution in [0, 0.1) is 11.8 Å². The lowest BCUT2D eigenvalue weighted by Crippen LogP contribution is -2.47. The van der Waals surface area contributed by atoms with Gasteiger partial charge in [0.15, 0.2) is 11.6 Å². The van der Waals surface area contributed by atoms with Gasteiger partial charge in [0.1, 0.15) is 0 Å². The highest BCUT2D eigenvalue weighted by molar-refractivity contribution is 5.76. The Balaban J connectivity index is 0.995. The van der Waals surface area contributed by atoms with Crippen LogP contribution in [0.15, 0.2) is 12.3 Å². The number of nitrogens with one attached hydrogen (secondary N) is 1. The molecular weight excluding hydrogens is 392 g/mol. The second-order valence-electron chi connectivity index (χ2n) is 9.73. The van der Waals surface area contributed by atoms with E-state index in [2.05, 4.69) is 26.2 Å². The van der Waals surface area contributed by atoms with E-state index in [9.17, 15) is 4.79 Å². The fourth-order valence-corrected chi connectivity index (χ4v) is 5.41. The molecule has 5 rings (SSSR count). The molecule has 0 aromatic carbocycles. The maximum absolute atomic E-state index is 12.1. The Bertz CT molecular complexity index is 753. The molecule has 2 saturated heterocycles. The van der Waals surface area contributed by atoms with Crippen molar-refractivity contribution < 1.29 is 14.3 Å². The molecule has 1 aromatic heterocycles. The lowest BCUT2D eigenvalue weighted by atomic mass is 9.84. The zero-order valence-corrected chi connectivity index (χ0v) is 18.6. The number of carbonyl (C=O) groups is 1. The first-order chi connectivity index (χ1) is 15.2. The molecular formula is C24H36N4O3. The van der Waals surface area contributed by atoms with Gasteiger partial charge in [-0.1, -0.05) is 0 Å². The van der Waals surface area contributed by atoms with E-state index in [1.54, 1.807) is 0 Å². The number of ether oxygens (including phenoxy) is 2. The van der Waals surface area contributed by atoms with Gasteiger partial charge >= 0.3 is 0 Å². The molecule has 31 heavy (non-hydrogen) atoms. The molecule has 1 amide bonds. The Morgan fingerprint density at radius 1 is 1.10 bits per heavy atom. The zero-order chi connectivity index (χ0) is 21.0. The van der Waals surface area contributed by atoms with Crippen molar-refractivity contribution >= 4 is 11.7 Å². The first-order valence-electron chi connectivity index (χ1n) is 12.2. The average molecular weight is 429 g/mol. The third-order valence-electron chi connectivity index (χ3n) is 7.50. The minimum Gasteiger partial charge on any atom is -0.489 e. The van der Waals surface area contributed by atoms with Gasteiger partial charge in [-0.25, -0.2) is 4.98 Å². The number of aromatic nitrogens is 1. The predicted molar refractivity (Wildman–Crippen MR) is 120 cm³/mol. The number of hydrogen-bond donors (Lipinski definition) is 1. The SMILES string of the molecule is O=C(CC1COC1)N[C@H]1CC[C@H](CCN2CCN(c3nccc4c3OCC4)CC2)CC1. The Morgan fingerprint density at radius 2 is 1.90 bits per heavy atom. The summed E-state index contributed by atoms with van der Waals surface area (Å²) >= 11 is 0. The normalized spacial score (nSPS) is 26.8. The van der Waals surface area contributed by atoms with Gasteiger partial charge in [0.05, 0.1) is 19.8 Å². The molecule has 7 heteroatoms. The van der Waals surface area contributed by atoms with E-state index in [1.807, 2.05) is 6.20 Å². The summed E-state index contributed by atoms with van der Waals surface area (Å²) in [6, 6.07) is 2.47. The lowest BCUT2D eigenvalue weighted by Gasteiger charge is -2.37. The van der Waals surface area contributed by atoms with Gasteiger partial charge in [-0.3, -0.25) is 9.69 Å². The Hall–Kier alpha value is -1.86. The molecule has 0 atom stereocenters. The summed E-state index contributed by atoms with van der Waals surface area (Å²) in [4.78, 5) is 21.7. The van der Waals surface area contributed by atoms with Crippen LogP contribution < -0.4 is 15.0 Å². The van der Waals surface area contributed by atoms with Crippen LogP contribution in [0.1, 0.15) is 44.1 Å². The fourth-order valence-electron chi connectivity index (χ4n) is 5.41. The predicted octanol–water partition coefficient (Wildman–Crippen LogP) is 2.24. The second-order valence-corrected chi connectivity index (χ2v) is 9.73. The number of pyridine rings is 1. The van der Waals surface area contributed by atoms with Gasteiger partial charge in [-0.15, -0.1) is 0 Å². The monoisotopic (exact) mass is 428 g/mol. The number of anilines is 1. The van der Waals surface area contributed by atoms with Crippen LogP contribution in [0.25, 0.3) is 0 Å². The van der Waals surface area contributed by atoms with E-state index in [0.29, 0.717) is 18.4 Å². The quantitative estimate of drug-likeness (QED) is 0.719. The summed E-state index contributed by atoms with van der Waals surface area (Å²) in [5, 5.41) is 3.26. The van der Waals surface area contributed by atoms with Crippen LogP contribution in [0.4, 0.5) is 5.82 Å². The van der Waals surface area contributed by atoms with Crippen molar-refractivity contribution in [2.45, 2.75) is 51.0 Å². The molecule has 1 aromatic rings. The molecule has 0 spiro atoms. The van der Waals surface area contributed by atoms with Gasteiger partial charge in [0.25, 0.3) is 0 Å². The molecule has 1 aliphatic carbocycles. The van der Waals surface area contributed by atoms with Gasteiger partial charge in [-0.05, 0) is 50.6 Å². The minimum atomic E-state index is 0.221. The molecule has 0 bridgehead atoms. The maximum Gasteiger partial charge on any atom is 0.220 e. The van der Waals surface area contributed by atoms with Crippen LogP contribution in [0.3, 0.4) is 0 Å².